The summed E-state index contributed by atoms with van der Waals surface area (Å²) >= 11 is 0. The normalized spacial score (nSPS) is 15.8. The fraction of sp³-hybridized carbons (Fsp3) is 0.250. The van der Waals surface area contributed by atoms with Gasteiger partial charge in [-0.3, -0.25) is 20.0 Å². The molecule has 5 heterocycles. The minimum atomic E-state index is -2.68. The summed E-state index contributed by atoms with van der Waals surface area (Å²) in [4.78, 5) is 24.1. The van der Waals surface area contributed by atoms with E-state index >= 15 is 4.39 Å². The molecule has 0 unspecified atom stereocenters. The number of aromatic nitrogens is 6. The Kier molecular flexibility index (Phi) is 6.34. The Hall–Kier alpha value is -4.58. The van der Waals surface area contributed by atoms with Crippen molar-refractivity contribution in [3.8, 4) is 22.6 Å². The minimum Gasteiger partial charge on any atom is -0.336 e. The number of hydrogen-bond acceptors (Lipinski definition) is 7. The highest BCUT2D eigenvalue weighted by Gasteiger charge is 2.38. The van der Waals surface area contributed by atoms with Gasteiger partial charge in [-0.2, -0.15) is 5.10 Å². The zero-order chi connectivity index (χ0) is 28.0. The van der Waals surface area contributed by atoms with E-state index in [-0.39, 0.29) is 18.4 Å². The highest BCUT2D eigenvalue weighted by molar-refractivity contribution is 5.97. The van der Waals surface area contributed by atoms with Gasteiger partial charge in [0.2, 0.25) is 0 Å². The Morgan fingerprint density at radius 2 is 2.10 bits per heavy atom. The van der Waals surface area contributed by atoms with E-state index in [1.807, 2.05) is 14.0 Å². The van der Waals surface area contributed by atoms with Crippen LogP contribution in [0.15, 0.2) is 59.7 Å². The molecule has 0 spiro atoms. The summed E-state index contributed by atoms with van der Waals surface area (Å²) in [5, 5.41) is 7.54. The Balaban J connectivity index is 1.38. The number of allylic oxidation sites excluding steroid dienone is 1. The first kappa shape index (κ1) is 25.7. The van der Waals surface area contributed by atoms with Crippen LogP contribution in [0.5, 0.6) is 0 Å². The molecule has 2 N–H and O–H groups in total. The van der Waals surface area contributed by atoms with Gasteiger partial charge in [-0.15, -0.1) is 0 Å². The van der Waals surface area contributed by atoms with Gasteiger partial charge in [0.25, 0.3) is 5.92 Å². The number of aliphatic imine (C=N–C) groups is 1. The molecule has 1 aliphatic heterocycles. The van der Waals surface area contributed by atoms with Gasteiger partial charge in [-0.1, -0.05) is 0 Å². The number of pyridine rings is 2. The molecular weight excluding hydrogens is 519 g/mol. The maximum absolute atomic E-state index is 16.1. The molecule has 0 bridgehead atoms. The van der Waals surface area contributed by atoms with E-state index in [1.54, 1.807) is 58.9 Å². The molecule has 0 radical (unpaired) electrons. The van der Waals surface area contributed by atoms with Crippen LogP contribution in [0.4, 0.5) is 19.0 Å². The summed E-state index contributed by atoms with van der Waals surface area (Å²) in [6.45, 7) is 5.70. The lowest BCUT2D eigenvalue weighted by molar-refractivity contribution is 0.0115. The van der Waals surface area contributed by atoms with Crippen LogP contribution >= 0.6 is 0 Å². The first-order valence-electron chi connectivity index (χ1n) is 12.7. The van der Waals surface area contributed by atoms with E-state index in [9.17, 15) is 8.78 Å². The van der Waals surface area contributed by atoms with E-state index in [4.69, 9.17) is 4.98 Å². The van der Waals surface area contributed by atoms with Crippen molar-refractivity contribution in [3.05, 3.63) is 66.1 Å². The molecule has 0 atom stereocenters. The number of halogens is 3. The molecule has 40 heavy (non-hydrogen) atoms. The number of alkyl halides is 2. The van der Waals surface area contributed by atoms with E-state index in [0.29, 0.717) is 63.8 Å². The van der Waals surface area contributed by atoms with Gasteiger partial charge >= 0.3 is 0 Å². The third-order valence-electron chi connectivity index (χ3n) is 7.00. The van der Waals surface area contributed by atoms with Gasteiger partial charge in [0.05, 0.1) is 28.7 Å². The second-order valence-electron chi connectivity index (χ2n) is 9.98. The van der Waals surface area contributed by atoms with E-state index in [2.05, 4.69) is 36.9 Å². The third kappa shape index (κ3) is 4.70. The molecule has 1 aliphatic rings. The summed E-state index contributed by atoms with van der Waals surface area (Å²) < 4.78 is 43.4. The zero-order valence-electron chi connectivity index (χ0n) is 21.9. The molecule has 0 saturated carbocycles. The molecule has 5 aromatic rings. The molecule has 0 aliphatic carbocycles. The van der Waals surface area contributed by atoms with E-state index < -0.39 is 11.7 Å². The van der Waals surface area contributed by atoms with Crippen molar-refractivity contribution in [1.29, 1.82) is 0 Å². The lowest BCUT2D eigenvalue weighted by atomic mass is 10.0. The number of H-pyrrole nitrogens is 2. The van der Waals surface area contributed by atoms with Gasteiger partial charge in [0.15, 0.2) is 11.6 Å². The van der Waals surface area contributed by atoms with E-state index in [1.165, 1.54) is 0 Å². The number of nitrogens with zero attached hydrogens (tertiary/aromatic N) is 7. The summed E-state index contributed by atoms with van der Waals surface area (Å²) in [5.41, 5.74) is 4.44. The number of nitrogens with one attached hydrogen (secondary N) is 2. The SMILES string of the molecule is C=N/C(C)=C\N(C)c1nccc2[nH]c(-c3n[nH]c4ccc(-c5cncc(CN6CCC(F)(F)C6)c5)c(F)c34)nc12. The topological polar surface area (TPSA) is 102 Å². The number of aromatic amines is 2. The lowest BCUT2D eigenvalue weighted by Gasteiger charge is -2.16. The minimum absolute atomic E-state index is 0.160. The predicted molar refractivity (Wildman–Crippen MR) is 149 cm³/mol. The van der Waals surface area contributed by atoms with Gasteiger partial charge in [0, 0.05) is 62.5 Å². The monoisotopic (exact) mass is 545 g/mol. The maximum atomic E-state index is 16.1. The molecule has 1 aromatic carbocycles. The number of likely N-dealkylation sites (tertiary alicyclic amines) is 1. The molecule has 9 nitrogen and oxygen atoms in total. The Morgan fingerprint density at radius 3 is 2.88 bits per heavy atom. The second-order valence-corrected chi connectivity index (χ2v) is 9.98. The van der Waals surface area contributed by atoms with Gasteiger partial charge in [-0.25, -0.2) is 23.1 Å². The first-order valence-corrected chi connectivity index (χ1v) is 12.7. The Bertz CT molecular complexity index is 1770. The summed E-state index contributed by atoms with van der Waals surface area (Å²) in [6, 6.07) is 6.98. The number of rotatable bonds is 7. The van der Waals surface area contributed by atoms with Gasteiger partial charge in [0.1, 0.15) is 17.0 Å². The average Bonchev–Trinajstić information content (AvgIpc) is 3.65. The van der Waals surface area contributed by atoms with Crippen molar-refractivity contribution in [3.63, 3.8) is 0 Å². The third-order valence-corrected chi connectivity index (χ3v) is 7.00. The van der Waals surface area contributed by atoms with Crippen LogP contribution in [-0.4, -0.2) is 67.8 Å². The van der Waals surface area contributed by atoms with Gasteiger partial charge in [-0.05, 0) is 43.5 Å². The molecule has 1 fully saturated rings. The quantitative estimate of drug-likeness (QED) is 0.260. The molecule has 6 rings (SSSR count). The zero-order valence-corrected chi connectivity index (χ0v) is 21.9. The number of hydrogen-bond donors (Lipinski definition) is 2. The molecular formula is C28H26F3N9. The molecule has 204 valence electrons. The van der Waals surface area contributed by atoms with Crippen molar-refractivity contribution in [2.45, 2.75) is 25.8 Å². The van der Waals surface area contributed by atoms with Crippen molar-refractivity contribution >= 4 is 34.5 Å². The van der Waals surface area contributed by atoms with Crippen LogP contribution in [0.1, 0.15) is 18.9 Å². The van der Waals surface area contributed by atoms with Crippen LogP contribution in [0.2, 0.25) is 0 Å². The van der Waals surface area contributed by atoms with Crippen LogP contribution in [0.25, 0.3) is 44.6 Å². The predicted octanol–water partition coefficient (Wildman–Crippen LogP) is 5.54. The number of fused-ring (bicyclic) bond motifs is 2. The Labute approximate surface area is 227 Å². The molecule has 4 aromatic heterocycles. The highest BCUT2D eigenvalue weighted by atomic mass is 19.3. The number of benzene rings is 1. The molecule has 0 amide bonds. The number of anilines is 1. The largest absolute Gasteiger partial charge is 0.336 e. The summed E-state index contributed by atoms with van der Waals surface area (Å²) in [5.74, 6) is -2.20. The maximum Gasteiger partial charge on any atom is 0.261 e. The van der Waals surface area contributed by atoms with Crippen LogP contribution < -0.4 is 4.90 Å². The Morgan fingerprint density at radius 1 is 1.25 bits per heavy atom. The lowest BCUT2D eigenvalue weighted by Crippen LogP contribution is -2.24. The average molecular weight is 546 g/mol. The van der Waals surface area contributed by atoms with Crippen molar-refractivity contribution in [2.24, 2.45) is 4.99 Å². The summed E-state index contributed by atoms with van der Waals surface area (Å²) in [7, 11) is 1.83. The van der Waals surface area contributed by atoms with E-state index in [0.717, 1.165) is 5.56 Å². The van der Waals surface area contributed by atoms with Crippen molar-refractivity contribution in [1.82, 2.24) is 35.0 Å². The van der Waals surface area contributed by atoms with Crippen LogP contribution in [0.3, 0.4) is 0 Å². The number of imidazole rings is 1. The second kappa shape index (κ2) is 9.87. The first-order chi connectivity index (χ1) is 19.2. The smallest absolute Gasteiger partial charge is 0.261 e. The van der Waals surface area contributed by atoms with Crippen LogP contribution in [0, 0.1) is 5.82 Å². The fourth-order valence-electron chi connectivity index (χ4n) is 5.06. The van der Waals surface area contributed by atoms with Gasteiger partial charge < -0.3 is 9.88 Å². The standard InChI is InChI=1S/C28H26F3N9/c1-16(32-2)13-39(3)27-24-21(6-8-34-27)35-26(36-24)25-22-20(37-38-25)5-4-19(23(22)29)18-10-17(11-33-12-18)14-40-9-7-28(30,31)15-40/h4-6,8,10-13H,2,7,9,14-15H2,1,3H3,(H,35,36)(H,37,38)/b16-13-. The van der Waals surface area contributed by atoms with Crippen molar-refractivity contribution in [2.75, 3.05) is 25.0 Å². The van der Waals surface area contributed by atoms with Crippen molar-refractivity contribution < 1.29 is 13.2 Å². The molecule has 12 heteroatoms. The highest BCUT2D eigenvalue weighted by Crippen LogP contribution is 2.35. The fourth-order valence-corrected chi connectivity index (χ4v) is 5.06. The molecule has 1 saturated heterocycles. The van der Waals surface area contributed by atoms with Crippen LogP contribution in [-0.2, 0) is 6.54 Å². The summed E-state index contributed by atoms with van der Waals surface area (Å²) in [6.07, 6.45) is 6.47.